The van der Waals surface area contributed by atoms with Gasteiger partial charge in [0.15, 0.2) is 0 Å². The molecule has 0 saturated carbocycles. The molecule has 0 heterocycles. The maximum atomic E-state index is 11.9. The molecule has 2 rings (SSSR count). The minimum atomic E-state index is -0.0831. The fraction of sp³-hybridized carbons (Fsp3) is 0.0625. The Bertz CT molecular complexity index is 558. The smallest absolute Gasteiger partial charge is 0.255 e. The number of hydrogen-bond acceptors (Lipinski definition) is 1. The third kappa shape index (κ3) is 3.08. The molecule has 0 aliphatic rings. The average Bonchev–Trinajstić information content (AvgIpc) is 2.40. The third-order valence-electron chi connectivity index (χ3n) is 2.68. The van der Waals surface area contributed by atoms with E-state index in [0.717, 1.165) is 11.1 Å². The SMILES string of the molecule is Cc1ccccc1C(=O)NC=Cc1ccccc1. The minimum absolute atomic E-state index is 0.0831. The second kappa shape index (κ2) is 5.82. The summed E-state index contributed by atoms with van der Waals surface area (Å²) in [5, 5.41) is 2.77. The molecule has 1 N–H and O–H groups in total. The first kappa shape index (κ1) is 12.1. The number of nitrogens with one attached hydrogen (secondary N) is 1. The average molecular weight is 237 g/mol. The highest BCUT2D eigenvalue weighted by molar-refractivity contribution is 5.96. The molecule has 90 valence electrons. The number of carbonyl (C=O) groups excluding carboxylic acids is 1. The summed E-state index contributed by atoms with van der Waals surface area (Å²) in [5.41, 5.74) is 2.74. The van der Waals surface area contributed by atoms with Gasteiger partial charge in [-0.1, -0.05) is 48.5 Å². The summed E-state index contributed by atoms with van der Waals surface area (Å²) < 4.78 is 0. The molecule has 2 aromatic rings. The van der Waals surface area contributed by atoms with Gasteiger partial charge in [0.05, 0.1) is 0 Å². The standard InChI is InChI=1S/C16H15NO/c1-13-7-5-6-10-15(13)16(18)17-12-11-14-8-3-2-4-9-14/h2-12H,1H3,(H,17,18). The van der Waals surface area contributed by atoms with Crippen LogP contribution in [0.5, 0.6) is 0 Å². The van der Waals surface area contributed by atoms with E-state index in [1.54, 1.807) is 6.20 Å². The molecule has 0 aromatic heterocycles. The van der Waals surface area contributed by atoms with Crippen LogP contribution in [-0.4, -0.2) is 5.91 Å². The van der Waals surface area contributed by atoms with Crippen molar-refractivity contribution in [1.29, 1.82) is 0 Å². The Labute approximate surface area is 107 Å². The van der Waals surface area contributed by atoms with Gasteiger partial charge >= 0.3 is 0 Å². The van der Waals surface area contributed by atoms with E-state index >= 15 is 0 Å². The third-order valence-corrected chi connectivity index (χ3v) is 2.68. The normalized spacial score (nSPS) is 10.5. The molecule has 18 heavy (non-hydrogen) atoms. The molecule has 2 aromatic carbocycles. The van der Waals surface area contributed by atoms with Crippen LogP contribution in [0.1, 0.15) is 21.5 Å². The van der Waals surface area contributed by atoms with Crippen LogP contribution in [0.2, 0.25) is 0 Å². The molecule has 0 aliphatic carbocycles. The van der Waals surface area contributed by atoms with Gasteiger partial charge in [-0.15, -0.1) is 0 Å². The number of benzene rings is 2. The molecule has 0 unspecified atom stereocenters. The second-order valence-corrected chi connectivity index (χ2v) is 4.03. The summed E-state index contributed by atoms with van der Waals surface area (Å²) in [6.07, 6.45) is 3.54. The summed E-state index contributed by atoms with van der Waals surface area (Å²) in [6, 6.07) is 17.4. The van der Waals surface area contributed by atoms with Crippen LogP contribution in [-0.2, 0) is 0 Å². The van der Waals surface area contributed by atoms with Crippen LogP contribution in [0.25, 0.3) is 6.08 Å². The van der Waals surface area contributed by atoms with Crippen molar-refractivity contribution >= 4 is 12.0 Å². The van der Waals surface area contributed by atoms with Crippen molar-refractivity contribution in [2.24, 2.45) is 0 Å². The first-order chi connectivity index (χ1) is 8.77. The molecule has 0 fully saturated rings. The van der Waals surface area contributed by atoms with Crippen molar-refractivity contribution in [2.75, 3.05) is 0 Å². The van der Waals surface area contributed by atoms with Crippen molar-refractivity contribution in [3.05, 3.63) is 77.5 Å². The van der Waals surface area contributed by atoms with Gasteiger partial charge in [-0.3, -0.25) is 4.79 Å². The van der Waals surface area contributed by atoms with E-state index < -0.39 is 0 Å². The summed E-state index contributed by atoms with van der Waals surface area (Å²) in [5.74, 6) is -0.0831. The van der Waals surface area contributed by atoms with Gasteiger partial charge < -0.3 is 5.32 Å². The summed E-state index contributed by atoms with van der Waals surface area (Å²) >= 11 is 0. The zero-order valence-electron chi connectivity index (χ0n) is 10.3. The zero-order chi connectivity index (χ0) is 12.8. The predicted molar refractivity (Wildman–Crippen MR) is 74.1 cm³/mol. The first-order valence-electron chi connectivity index (χ1n) is 5.85. The van der Waals surface area contributed by atoms with Gasteiger partial charge in [0.25, 0.3) is 5.91 Å². The quantitative estimate of drug-likeness (QED) is 0.871. The zero-order valence-corrected chi connectivity index (χ0v) is 10.3. The number of rotatable bonds is 3. The second-order valence-electron chi connectivity index (χ2n) is 4.03. The Morgan fingerprint density at radius 3 is 2.39 bits per heavy atom. The Morgan fingerprint density at radius 1 is 1.00 bits per heavy atom. The van der Waals surface area contributed by atoms with Crippen LogP contribution in [0.15, 0.2) is 60.8 Å². The highest BCUT2D eigenvalue weighted by Gasteiger charge is 2.05. The maximum absolute atomic E-state index is 11.9. The van der Waals surface area contributed by atoms with Gasteiger partial charge in [-0.25, -0.2) is 0 Å². The van der Waals surface area contributed by atoms with Gasteiger partial charge in [-0.05, 0) is 30.2 Å². The molecule has 0 radical (unpaired) electrons. The molecule has 1 amide bonds. The lowest BCUT2D eigenvalue weighted by molar-refractivity contribution is 0.0970. The molecule has 0 aliphatic heterocycles. The fourth-order valence-corrected chi connectivity index (χ4v) is 1.68. The lowest BCUT2D eigenvalue weighted by atomic mass is 10.1. The first-order valence-corrected chi connectivity index (χ1v) is 5.85. The van der Waals surface area contributed by atoms with Gasteiger partial charge in [0.1, 0.15) is 0 Å². The number of amides is 1. The molecule has 0 saturated heterocycles. The highest BCUT2D eigenvalue weighted by atomic mass is 16.1. The molecular formula is C16H15NO. The van der Waals surface area contributed by atoms with Crippen LogP contribution >= 0.6 is 0 Å². The molecule has 0 atom stereocenters. The van der Waals surface area contributed by atoms with Gasteiger partial charge in [0, 0.05) is 11.8 Å². The van der Waals surface area contributed by atoms with E-state index in [1.165, 1.54) is 0 Å². The van der Waals surface area contributed by atoms with E-state index in [0.29, 0.717) is 5.56 Å². The van der Waals surface area contributed by atoms with E-state index in [-0.39, 0.29) is 5.91 Å². The topological polar surface area (TPSA) is 29.1 Å². The van der Waals surface area contributed by atoms with Crippen molar-refractivity contribution in [1.82, 2.24) is 5.32 Å². The Hall–Kier alpha value is -2.35. The van der Waals surface area contributed by atoms with Crippen LogP contribution in [0.3, 0.4) is 0 Å². The lowest BCUT2D eigenvalue weighted by Gasteiger charge is -2.03. The number of carbonyl (C=O) groups is 1. The maximum Gasteiger partial charge on any atom is 0.255 e. The van der Waals surface area contributed by atoms with E-state index in [1.807, 2.05) is 67.6 Å². The Morgan fingerprint density at radius 2 is 1.67 bits per heavy atom. The lowest BCUT2D eigenvalue weighted by Crippen LogP contribution is -2.17. The molecule has 2 nitrogen and oxygen atoms in total. The summed E-state index contributed by atoms with van der Waals surface area (Å²) in [4.78, 5) is 11.9. The minimum Gasteiger partial charge on any atom is -0.329 e. The monoisotopic (exact) mass is 237 g/mol. The summed E-state index contributed by atoms with van der Waals surface area (Å²) in [6.45, 7) is 1.93. The molecule has 0 spiro atoms. The molecule has 2 heteroatoms. The van der Waals surface area contributed by atoms with E-state index in [4.69, 9.17) is 0 Å². The highest BCUT2D eigenvalue weighted by Crippen LogP contribution is 2.06. The van der Waals surface area contributed by atoms with Crippen molar-refractivity contribution in [2.45, 2.75) is 6.92 Å². The predicted octanol–water partition coefficient (Wildman–Crippen LogP) is 3.40. The summed E-state index contributed by atoms with van der Waals surface area (Å²) in [7, 11) is 0. The van der Waals surface area contributed by atoms with Crippen molar-refractivity contribution < 1.29 is 4.79 Å². The fourth-order valence-electron chi connectivity index (χ4n) is 1.68. The molecular weight excluding hydrogens is 222 g/mol. The molecule has 0 bridgehead atoms. The van der Waals surface area contributed by atoms with Crippen LogP contribution in [0.4, 0.5) is 0 Å². The Balaban J connectivity index is 2.01. The van der Waals surface area contributed by atoms with Crippen molar-refractivity contribution in [3.8, 4) is 0 Å². The van der Waals surface area contributed by atoms with Gasteiger partial charge in [-0.2, -0.15) is 0 Å². The van der Waals surface area contributed by atoms with Crippen molar-refractivity contribution in [3.63, 3.8) is 0 Å². The van der Waals surface area contributed by atoms with E-state index in [2.05, 4.69) is 5.32 Å². The van der Waals surface area contributed by atoms with Gasteiger partial charge in [0.2, 0.25) is 0 Å². The van der Waals surface area contributed by atoms with Crippen LogP contribution < -0.4 is 5.32 Å². The largest absolute Gasteiger partial charge is 0.329 e. The van der Waals surface area contributed by atoms with Crippen LogP contribution in [0, 0.1) is 6.92 Å². The Kier molecular flexibility index (Phi) is 3.92. The number of aryl methyl sites for hydroxylation is 1. The number of hydrogen-bond donors (Lipinski definition) is 1. The van der Waals surface area contributed by atoms with E-state index in [9.17, 15) is 4.79 Å².